The molecule has 2 aliphatic carbocycles. The van der Waals surface area contributed by atoms with Crippen LogP contribution in [0.2, 0.25) is 0 Å². The van der Waals surface area contributed by atoms with E-state index in [1.807, 2.05) is 25.1 Å². The quantitative estimate of drug-likeness (QED) is 0.294. The molecule has 4 aliphatic rings. The number of ether oxygens (including phenoxy) is 2. The van der Waals surface area contributed by atoms with E-state index in [0.29, 0.717) is 30.4 Å². The second-order valence-electron chi connectivity index (χ2n) is 14.4. The average Bonchev–Trinajstić information content (AvgIpc) is 4.00. The van der Waals surface area contributed by atoms with E-state index in [1.54, 1.807) is 25.1 Å². The Labute approximate surface area is 295 Å². The first-order valence-corrected chi connectivity index (χ1v) is 18.7. The number of alkyl halides is 1. The molecule has 1 aromatic heterocycles. The van der Waals surface area contributed by atoms with Crippen LogP contribution in [0.5, 0.6) is 11.6 Å². The van der Waals surface area contributed by atoms with Crippen molar-refractivity contribution in [1.29, 1.82) is 0 Å². The molecule has 2 aliphatic heterocycles. The lowest BCUT2D eigenvalue weighted by Crippen LogP contribution is -2.59. The van der Waals surface area contributed by atoms with Gasteiger partial charge in [0.25, 0.3) is 5.91 Å². The van der Waals surface area contributed by atoms with Crippen LogP contribution >= 0.6 is 0 Å². The summed E-state index contributed by atoms with van der Waals surface area (Å²) in [5, 5.41) is 16.2. The molecule has 4 amide bonds. The van der Waals surface area contributed by atoms with E-state index in [0.717, 1.165) is 5.39 Å². The third-order valence-electron chi connectivity index (χ3n) is 10.8. The minimum absolute atomic E-state index is 0.0361. The van der Waals surface area contributed by atoms with E-state index in [2.05, 4.69) is 20.3 Å². The molecule has 3 fully saturated rings. The van der Waals surface area contributed by atoms with Crippen LogP contribution in [-0.4, -0.2) is 96.0 Å². The molecule has 7 atom stereocenters. The fourth-order valence-electron chi connectivity index (χ4n) is 7.44. The summed E-state index contributed by atoms with van der Waals surface area (Å²) in [6, 6.07) is 4.88. The van der Waals surface area contributed by atoms with Crippen LogP contribution in [0.15, 0.2) is 42.6 Å². The summed E-state index contributed by atoms with van der Waals surface area (Å²) in [4.78, 5) is 60.0. The largest absolute Gasteiger partial charge is 0.494 e. The van der Waals surface area contributed by atoms with E-state index in [4.69, 9.17) is 9.47 Å². The number of nitrogens with one attached hydrogen (secondary N) is 3. The van der Waals surface area contributed by atoms with Gasteiger partial charge in [-0.25, -0.2) is 22.6 Å². The van der Waals surface area contributed by atoms with Gasteiger partial charge < -0.3 is 30.1 Å². The SMILES string of the molecule is COc1cnc(O[C@@H]2C[C@H]3C(=O)N[C@]4(C(=O)NS(=O)(=O)C5(CF)CC5)C[C@H]4/C=C\CC[C@H](C)C[C@@H](C)[C@H](NC(=O)O)C(=O)N3C2)c2ccccc12. The van der Waals surface area contributed by atoms with Gasteiger partial charge in [0.05, 0.1) is 19.9 Å². The molecular formula is C35H44FN5O9S. The maximum Gasteiger partial charge on any atom is 0.405 e. The number of methoxy groups -OCH3 is 1. The van der Waals surface area contributed by atoms with Crippen molar-refractivity contribution in [2.24, 2.45) is 17.8 Å². The summed E-state index contributed by atoms with van der Waals surface area (Å²) in [6.45, 7) is 2.55. The van der Waals surface area contributed by atoms with Crippen LogP contribution in [-0.2, 0) is 24.4 Å². The number of sulfonamides is 1. The summed E-state index contributed by atoms with van der Waals surface area (Å²) >= 11 is 0. The number of benzene rings is 1. The topological polar surface area (TPSA) is 193 Å². The number of halogens is 1. The van der Waals surface area contributed by atoms with Gasteiger partial charge in [0.15, 0.2) is 0 Å². The maximum atomic E-state index is 14.3. The van der Waals surface area contributed by atoms with Gasteiger partial charge in [0, 0.05) is 23.1 Å². The number of hydrogen-bond donors (Lipinski definition) is 4. The molecule has 0 radical (unpaired) electrons. The Morgan fingerprint density at radius 3 is 2.55 bits per heavy atom. The lowest BCUT2D eigenvalue weighted by molar-refractivity contribution is -0.142. The van der Waals surface area contributed by atoms with Crippen LogP contribution in [0.3, 0.4) is 0 Å². The van der Waals surface area contributed by atoms with Crippen molar-refractivity contribution in [1.82, 2.24) is 25.2 Å². The first kappa shape index (κ1) is 36.3. The number of hydrogen-bond acceptors (Lipinski definition) is 9. The van der Waals surface area contributed by atoms with Crippen LogP contribution in [0.4, 0.5) is 9.18 Å². The predicted octanol–water partition coefficient (Wildman–Crippen LogP) is 3.06. The highest BCUT2D eigenvalue weighted by molar-refractivity contribution is 7.91. The molecule has 51 heavy (non-hydrogen) atoms. The minimum atomic E-state index is -4.38. The molecule has 2 saturated carbocycles. The Morgan fingerprint density at radius 2 is 1.88 bits per heavy atom. The van der Waals surface area contributed by atoms with E-state index in [1.165, 1.54) is 18.2 Å². The maximum absolute atomic E-state index is 14.3. The van der Waals surface area contributed by atoms with Gasteiger partial charge in [-0.15, -0.1) is 0 Å². The molecule has 14 nitrogen and oxygen atoms in total. The van der Waals surface area contributed by atoms with Crippen molar-refractivity contribution in [3.05, 3.63) is 42.6 Å². The first-order chi connectivity index (χ1) is 24.2. The normalized spacial score (nSPS) is 31.2. The van der Waals surface area contributed by atoms with Crippen LogP contribution in [0.1, 0.15) is 58.8 Å². The second-order valence-corrected chi connectivity index (χ2v) is 16.5. The lowest BCUT2D eigenvalue weighted by Gasteiger charge is -2.32. The zero-order chi connectivity index (χ0) is 36.7. The Bertz CT molecular complexity index is 1850. The Hall–Kier alpha value is -4.47. The van der Waals surface area contributed by atoms with Gasteiger partial charge in [-0.1, -0.05) is 44.2 Å². The molecule has 1 aromatic carbocycles. The zero-order valence-corrected chi connectivity index (χ0v) is 29.6. The molecule has 4 N–H and O–H groups in total. The van der Waals surface area contributed by atoms with Crippen LogP contribution in [0, 0.1) is 17.8 Å². The molecule has 276 valence electrons. The highest BCUT2D eigenvalue weighted by Gasteiger charge is 2.64. The van der Waals surface area contributed by atoms with E-state index >= 15 is 0 Å². The number of carbonyl (C=O) groups is 4. The molecule has 0 bridgehead atoms. The van der Waals surface area contributed by atoms with Crippen molar-refractivity contribution in [2.45, 2.75) is 87.3 Å². The summed E-state index contributed by atoms with van der Waals surface area (Å²) in [6.07, 6.45) is 5.03. The molecule has 6 rings (SSSR count). The third kappa shape index (κ3) is 7.06. The number of pyridine rings is 1. The smallest absolute Gasteiger partial charge is 0.405 e. The van der Waals surface area contributed by atoms with Crippen molar-refractivity contribution in [3.63, 3.8) is 0 Å². The van der Waals surface area contributed by atoms with Gasteiger partial charge in [0.1, 0.15) is 40.9 Å². The second kappa shape index (κ2) is 13.9. The number of rotatable bonds is 8. The standard InChI is InChI=1S/C35H44FN5O9S/c1-20-8-4-5-9-22-16-35(22,32(44)40-51(47,48)34(19-36)12-13-34)39-29(42)26-15-23(18-41(26)31(43)28(21(2)14-20)38-33(45)46)50-30-25-11-7-6-10-24(25)27(49-3)17-37-30/h5-7,9-11,17,20-23,26,28,38H,4,8,12-16,18-19H2,1-3H3,(H,39,42)(H,40,44)(H,45,46)/b9-5-/t20-,21+,22+,23+,26-,28-,35+/m0/s1. The predicted molar refractivity (Wildman–Crippen MR) is 183 cm³/mol. The first-order valence-electron chi connectivity index (χ1n) is 17.2. The molecule has 2 aromatic rings. The number of allylic oxidation sites excluding steroid dienone is 1. The Kier molecular flexibility index (Phi) is 9.92. The fourth-order valence-corrected chi connectivity index (χ4v) is 8.86. The summed E-state index contributed by atoms with van der Waals surface area (Å²) in [5.74, 6) is -2.47. The van der Waals surface area contributed by atoms with Crippen molar-refractivity contribution in [3.8, 4) is 11.6 Å². The number of aromatic nitrogens is 1. The summed E-state index contributed by atoms with van der Waals surface area (Å²) in [7, 11) is -2.86. The molecule has 16 heteroatoms. The average molecular weight is 730 g/mol. The van der Waals surface area contributed by atoms with Crippen molar-refractivity contribution in [2.75, 3.05) is 20.3 Å². The molecular weight excluding hydrogens is 685 g/mol. The number of carboxylic acid groups (broad SMARTS) is 1. The Morgan fingerprint density at radius 1 is 1.16 bits per heavy atom. The molecule has 0 spiro atoms. The number of nitrogens with zero attached hydrogens (tertiary/aromatic N) is 2. The van der Waals surface area contributed by atoms with E-state index in [-0.39, 0.29) is 44.0 Å². The lowest BCUT2D eigenvalue weighted by atomic mass is 9.88. The van der Waals surface area contributed by atoms with E-state index in [9.17, 15) is 37.1 Å². The zero-order valence-electron chi connectivity index (χ0n) is 28.8. The summed E-state index contributed by atoms with van der Waals surface area (Å²) in [5.41, 5.74) is -1.66. The molecule has 3 heterocycles. The van der Waals surface area contributed by atoms with Crippen molar-refractivity contribution >= 4 is 44.6 Å². The van der Waals surface area contributed by atoms with Crippen LogP contribution < -0.4 is 24.8 Å². The van der Waals surface area contributed by atoms with Crippen molar-refractivity contribution < 1.29 is 46.6 Å². The highest BCUT2D eigenvalue weighted by Crippen LogP contribution is 2.48. The molecule has 1 saturated heterocycles. The van der Waals surface area contributed by atoms with E-state index < -0.39 is 80.8 Å². The van der Waals surface area contributed by atoms with Gasteiger partial charge in [-0.2, -0.15) is 0 Å². The monoisotopic (exact) mass is 729 g/mol. The van der Waals surface area contributed by atoms with Gasteiger partial charge in [-0.05, 0) is 56.4 Å². The highest BCUT2D eigenvalue weighted by atomic mass is 32.2. The Balaban J connectivity index is 1.34. The summed E-state index contributed by atoms with van der Waals surface area (Å²) < 4.78 is 52.1. The van der Waals surface area contributed by atoms with Crippen LogP contribution in [0.25, 0.3) is 10.8 Å². The molecule has 0 unspecified atom stereocenters. The van der Waals surface area contributed by atoms with Gasteiger partial charge in [-0.3, -0.25) is 19.1 Å². The number of fused-ring (bicyclic) bond motifs is 3. The van der Waals surface area contributed by atoms with Gasteiger partial charge >= 0.3 is 6.09 Å². The fraction of sp³-hybridized carbons (Fsp3) is 0.571. The number of carbonyl (C=O) groups excluding carboxylic acids is 3. The van der Waals surface area contributed by atoms with Gasteiger partial charge in [0.2, 0.25) is 27.7 Å². The minimum Gasteiger partial charge on any atom is -0.494 e. The third-order valence-corrected chi connectivity index (χ3v) is 12.9. The number of amides is 4.